The number of carbonyl (C=O) groups is 1. The molecule has 1 N–H and O–H groups in total. The number of nitrogens with one attached hydrogen (secondary N) is 1. The van der Waals surface area contributed by atoms with Crippen LogP contribution in [-0.4, -0.2) is 35.7 Å². The van der Waals surface area contributed by atoms with E-state index in [1.165, 1.54) is 11.0 Å². The fraction of sp³-hybridized carbons (Fsp3) is 0.370. The average Bonchev–Trinajstić information content (AvgIpc) is 3.52. The fourth-order valence-electron chi connectivity index (χ4n) is 4.33. The molecule has 2 aromatic heterocycles. The number of aromatic amines is 1. The number of tetrazole rings is 1. The van der Waals surface area contributed by atoms with Crippen LogP contribution in [0.2, 0.25) is 0 Å². The average molecular weight is 473 g/mol. The van der Waals surface area contributed by atoms with Gasteiger partial charge in [-0.1, -0.05) is 81.6 Å². The summed E-state index contributed by atoms with van der Waals surface area (Å²) >= 11 is 0. The molecule has 0 spiro atoms. The normalized spacial score (nSPS) is 11.1. The van der Waals surface area contributed by atoms with Gasteiger partial charge in [0.05, 0.1) is 6.54 Å². The molecule has 0 aliphatic heterocycles. The summed E-state index contributed by atoms with van der Waals surface area (Å²) in [5.74, 6) is 0.474. The van der Waals surface area contributed by atoms with Crippen molar-refractivity contribution in [3.63, 3.8) is 0 Å². The molecular weight excluding hydrogens is 440 g/mol. The smallest absolute Gasteiger partial charge is 0.292 e. The highest BCUT2D eigenvalue weighted by Gasteiger charge is 2.16. The van der Waals surface area contributed by atoms with Gasteiger partial charge in [0, 0.05) is 23.9 Å². The number of aromatic nitrogens is 6. The lowest BCUT2D eigenvalue weighted by Crippen LogP contribution is -2.29. The number of carbonyl (C=O) groups excluding carboxylic acids is 1. The van der Waals surface area contributed by atoms with Gasteiger partial charge in [-0.3, -0.25) is 9.36 Å². The Kier molecular flexibility index (Phi) is 8.03. The first-order valence-corrected chi connectivity index (χ1v) is 12.4. The third kappa shape index (κ3) is 5.65. The molecule has 0 amide bonds. The highest BCUT2D eigenvalue weighted by Crippen LogP contribution is 2.29. The van der Waals surface area contributed by atoms with Crippen molar-refractivity contribution in [3.8, 4) is 22.5 Å². The number of aryl methyl sites for hydroxylation is 1. The Balaban J connectivity index is 1.60. The number of benzene rings is 2. The first kappa shape index (κ1) is 24.3. The van der Waals surface area contributed by atoms with E-state index in [1.54, 1.807) is 10.8 Å². The van der Waals surface area contributed by atoms with E-state index in [0.717, 1.165) is 60.1 Å². The van der Waals surface area contributed by atoms with Gasteiger partial charge in [0.15, 0.2) is 5.82 Å². The number of H-pyrrole nitrogens is 1. The fourth-order valence-corrected chi connectivity index (χ4v) is 4.33. The lowest BCUT2D eigenvalue weighted by molar-refractivity contribution is 0.0897. The number of hydrogen-bond donors (Lipinski definition) is 1. The van der Waals surface area contributed by atoms with Gasteiger partial charge in [0.25, 0.3) is 0 Å². The van der Waals surface area contributed by atoms with Gasteiger partial charge < -0.3 is 0 Å². The molecule has 0 saturated heterocycles. The summed E-state index contributed by atoms with van der Waals surface area (Å²) < 4.78 is 3.05. The van der Waals surface area contributed by atoms with Crippen LogP contribution < -0.4 is 5.69 Å². The number of rotatable bonds is 11. The predicted octanol–water partition coefficient (Wildman–Crippen LogP) is 5.11. The van der Waals surface area contributed by atoms with Crippen LogP contribution in [0.25, 0.3) is 22.5 Å². The van der Waals surface area contributed by atoms with Crippen molar-refractivity contribution < 1.29 is 4.79 Å². The highest BCUT2D eigenvalue weighted by molar-refractivity contribution is 5.80. The van der Waals surface area contributed by atoms with Crippen molar-refractivity contribution in [1.29, 1.82) is 0 Å². The summed E-state index contributed by atoms with van der Waals surface area (Å²) in [6.07, 6.45) is 8.08. The quantitative estimate of drug-likeness (QED) is 0.306. The molecule has 0 radical (unpaired) electrons. The Morgan fingerprint density at radius 2 is 1.71 bits per heavy atom. The second-order valence-electron chi connectivity index (χ2n) is 8.81. The van der Waals surface area contributed by atoms with Crippen molar-refractivity contribution in [1.82, 2.24) is 29.8 Å². The topological polar surface area (TPSA) is 98.5 Å². The molecular formula is C27H32N6O2. The van der Waals surface area contributed by atoms with Crippen LogP contribution in [0.4, 0.5) is 0 Å². The molecule has 0 aliphatic rings. The van der Waals surface area contributed by atoms with Crippen LogP contribution in [0.15, 0.2) is 59.5 Å². The molecule has 0 bridgehead atoms. The molecule has 8 nitrogen and oxygen atoms in total. The summed E-state index contributed by atoms with van der Waals surface area (Å²) in [6, 6.07) is 16.1. The van der Waals surface area contributed by atoms with E-state index in [4.69, 9.17) is 0 Å². The summed E-state index contributed by atoms with van der Waals surface area (Å²) in [4.78, 5) is 25.7. The maximum absolute atomic E-state index is 13.1. The Labute approximate surface area is 205 Å². The monoisotopic (exact) mass is 472 g/mol. The standard InChI is InChI=1S/C27H32N6O2/c1-3-5-6-7-11-22-19-33(25(34)10-4-2)27(35)32(22)18-20-14-16-21(17-15-20)23-12-8-9-13-24(23)26-28-30-31-29-26/h8-9,12-17,19H,3-7,10-11,18H2,1-2H3,(H,28,29,30,31). The minimum absolute atomic E-state index is 0.139. The number of nitrogens with zero attached hydrogens (tertiary/aromatic N) is 5. The van der Waals surface area contributed by atoms with Crippen molar-refractivity contribution in [3.05, 3.63) is 76.5 Å². The molecule has 2 heterocycles. The zero-order chi connectivity index (χ0) is 24.6. The van der Waals surface area contributed by atoms with Gasteiger partial charge in [0.1, 0.15) is 0 Å². The number of imidazole rings is 1. The molecule has 0 fully saturated rings. The molecule has 4 rings (SSSR count). The van der Waals surface area contributed by atoms with Gasteiger partial charge in [-0.25, -0.2) is 14.5 Å². The highest BCUT2D eigenvalue weighted by atomic mass is 16.2. The SMILES string of the molecule is CCCCCCc1cn(C(=O)CCC)c(=O)n1Cc1ccc(-c2ccccc2-c2nnn[nH]2)cc1. The van der Waals surface area contributed by atoms with Crippen LogP contribution in [0.5, 0.6) is 0 Å². The van der Waals surface area contributed by atoms with Crippen LogP contribution in [0, 0.1) is 0 Å². The van der Waals surface area contributed by atoms with Crippen molar-refractivity contribution in [2.24, 2.45) is 0 Å². The van der Waals surface area contributed by atoms with Gasteiger partial charge >= 0.3 is 5.69 Å². The Morgan fingerprint density at radius 1 is 0.943 bits per heavy atom. The van der Waals surface area contributed by atoms with Gasteiger partial charge in [-0.2, -0.15) is 0 Å². The second-order valence-corrected chi connectivity index (χ2v) is 8.81. The molecule has 0 saturated carbocycles. The maximum atomic E-state index is 13.1. The van der Waals surface area contributed by atoms with Crippen LogP contribution in [-0.2, 0) is 13.0 Å². The van der Waals surface area contributed by atoms with Crippen LogP contribution in [0.3, 0.4) is 0 Å². The third-order valence-electron chi connectivity index (χ3n) is 6.21. The number of unbranched alkanes of at least 4 members (excludes halogenated alkanes) is 3. The summed E-state index contributed by atoms with van der Waals surface area (Å²) in [7, 11) is 0. The zero-order valence-electron chi connectivity index (χ0n) is 20.4. The lowest BCUT2D eigenvalue weighted by Gasteiger charge is -2.10. The lowest BCUT2D eigenvalue weighted by atomic mass is 9.98. The second kappa shape index (κ2) is 11.6. The van der Waals surface area contributed by atoms with Gasteiger partial charge in [0.2, 0.25) is 5.91 Å². The van der Waals surface area contributed by atoms with E-state index in [2.05, 4.69) is 27.5 Å². The minimum Gasteiger partial charge on any atom is -0.292 e. The third-order valence-corrected chi connectivity index (χ3v) is 6.21. The molecule has 2 aromatic carbocycles. The van der Waals surface area contributed by atoms with Crippen molar-refractivity contribution in [2.75, 3.05) is 0 Å². The molecule has 35 heavy (non-hydrogen) atoms. The molecule has 182 valence electrons. The summed E-state index contributed by atoms with van der Waals surface area (Å²) in [6.45, 7) is 4.56. The first-order chi connectivity index (χ1) is 17.1. The predicted molar refractivity (Wildman–Crippen MR) is 136 cm³/mol. The van der Waals surface area contributed by atoms with E-state index in [1.807, 2.05) is 55.5 Å². The zero-order valence-corrected chi connectivity index (χ0v) is 20.4. The molecule has 4 aromatic rings. The first-order valence-electron chi connectivity index (χ1n) is 12.4. The van der Waals surface area contributed by atoms with Crippen molar-refractivity contribution >= 4 is 5.91 Å². The number of hydrogen-bond acceptors (Lipinski definition) is 5. The molecule has 0 atom stereocenters. The van der Waals surface area contributed by atoms with Gasteiger partial charge in [-0.05, 0) is 46.4 Å². The minimum atomic E-state index is -0.249. The van der Waals surface area contributed by atoms with E-state index >= 15 is 0 Å². The molecule has 8 heteroatoms. The van der Waals surface area contributed by atoms with E-state index in [0.29, 0.717) is 18.8 Å². The Hall–Kier alpha value is -3.81. The Morgan fingerprint density at radius 3 is 2.40 bits per heavy atom. The van der Waals surface area contributed by atoms with Crippen molar-refractivity contribution in [2.45, 2.75) is 65.3 Å². The maximum Gasteiger partial charge on any atom is 0.335 e. The summed E-state index contributed by atoms with van der Waals surface area (Å²) in [5.41, 5.74) is 4.64. The summed E-state index contributed by atoms with van der Waals surface area (Å²) in [5, 5.41) is 14.2. The molecule has 0 unspecified atom stereocenters. The van der Waals surface area contributed by atoms with Gasteiger partial charge in [-0.15, -0.1) is 5.10 Å². The van der Waals surface area contributed by atoms with E-state index in [-0.39, 0.29) is 11.6 Å². The molecule has 0 aliphatic carbocycles. The van der Waals surface area contributed by atoms with Crippen LogP contribution >= 0.6 is 0 Å². The van der Waals surface area contributed by atoms with E-state index < -0.39 is 0 Å². The van der Waals surface area contributed by atoms with Crippen LogP contribution in [0.1, 0.15) is 68.4 Å². The largest absolute Gasteiger partial charge is 0.335 e. The van der Waals surface area contributed by atoms with E-state index in [9.17, 15) is 9.59 Å². The Bertz CT molecular complexity index is 1300.